The number of amides is 1. The fourth-order valence-corrected chi connectivity index (χ4v) is 7.33. The number of carbonyl (C=O) groups is 2. The maximum absolute atomic E-state index is 13.9. The number of phenolic OH excluding ortho intramolecular Hbond substituents is 1. The van der Waals surface area contributed by atoms with Crippen molar-refractivity contribution in [2.24, 2.45) is 0 Å². The van der Waals surface area contributed by atoms with Crippen LogP contribution >= 0.6 is 0 Å². The highest BCUT2D eigenvalue weighted by molar-refractivity contribution is 5.94. The van der Waals surface area contributed by atoms with Crippen molar-refractivity contribution in [3.8, 4) is 5.75 Å². The van der Waals surface area contributed by atoms with Crippen molar-refractivity contribution < 1.29 is 24.2 Å². The molecule has 0 bridgehead atoms. The summed E-state index contributed by atoms with van der Waals surface area (Å²) < 4.78 is 13.9. The standard InChI is InChI=1S/C39H51FN4O4/c1-29-27-44(30(2)26-43(29)28-31-11-7-15-35(40)23-31)38(33-13-9-16-36(45)25-33)32-12-8-14-34(24-32)39(48)42-20-10-19-41(21-22-42)18-6-4-3-5-17-37(46)47/h7-9,11-16,23-25,29-30,38,45H,3-6,10,17-22,26-28H2,1-2H3,(H,46,47)/t29-,30+,38-/m1/s1. The minimum atomic E-state index is -0.728. The first-order valence-corrected chi connectivity index (χ1v) is 17.5. The molecule has 0 aliphatic carbocycles. The number of halogens is 1. The number of carboxylic acids is 1. The van der Waals surface area contributed by atoms with E-state index in [1.165, 1.54) is 6.07 Å². The predicted molar refractivity (Wildman–Crippen MR) is 187 cm³/mol. The largest absolute Gasteiger partial charge is 0.508 e. The van der Waals surface area contributed by atoms with Gasteiger partial charge in [0.25, 0.3) is 5.91 Å². The van der Waals surface area contributed by atoms with Crippen LogP contribution in [-0.4, -0.2) is 99.6 Å². The van der Waals surface area contributed by atoms with Gasteiger partial charge in [-0.05, 0) is 99.3 Å². The first-order valence-electron chi connectivity index (χ1n) is 17.5. The lowest BCUT2D eigenvalue weighted by Gasteiger charge is -2.47. The van der Waals surface area contributed by atoms with Gasteiger partial charge in [-0.3, -0.25) is 19.4 Å². The summed E-state index contributed by atoms with van der Waals surface area (Å²) in [4.78, 5) is 33.9. The SMILES string of the molecule is C[C@@H]1CN([C@@H](c2cccc(O)c2)c2cccc(C(=O)N3CCCN(CCCCCCC(=O)O)CC3)c2)[C@@H](C)CN1Cc1cccc(F)c1. The molecule has 8 nitrogen and oxygen atoms in total. The Balaban J connectivity index is 1.27. The molecular weight excluding hydrogens is 607 g/mol. The summed E-state index contributed by atoms with van der Waals surface area (Å²) >= 11 is 0. The predicted octanol–water partition coefficient (Wildman–Crippen LogP) is 6.40. The van der Waals surface area contributed by atoms with Gasteiger partial charge in [0.05, 0.1) is 6.04 Å². The third-order valence-corrected chi connectivity index (χ3v) is 9.90. The summed E-state index contributed by atoms with van der Waals surface area (Å²) in [5.41, 5.74) is 3.63. The van der Waals surface area contributed by atoms with E-state index in [4.69, 9.17) is 5.11 Å². The summed E-state index contributed by atoms with van der Waals surface area (Å²) in [7, 11) is 0. The number of aromatic hydroxyl groups is 1. The maximum Gasteiger partial charge on any atom is 0.303 e. The number of carbonyl (C=O) groups excluding carboxylic acids is 1. The molecule has 0 spiro atoms. The number of hydrogen-bond donors (Lipinski definition) is 2. The Labute approximate surface area is 284 Å². The Kier molecular flexibility index (Phi) is 12.6. The monoisotopic (exact) mass is 658 g/mol. The van der Waals surface area contributed by atoms with Gasteiger partial charge in [0.2, 0.25) is 0 Å². The lowest BCUT2D eigenvalue weighted by Crippen LogP contribution is -2.56. The molecule has 1 amide bonds. The highest BCUT2D eigenvalue weighted by Gasteiger charge is 2.35. The molecule has 2 aliphatic rings. The van der Waals surface area contributed by atoms with Gasteiger partial charge in [0.15, 0.2) is 0 Å². The van der Waals surface area contributed by atoms with Crippen molar-refractivity contribution in [1.29, 1.82) is 0 Å². The van der Waals surface area contributed by atoms with Crippen molar-refractivity contribution in [2.75, 3.05) is 45.8 Å². The zero-order valence-corrected chi connectivity index (χ0v) is 28.4. The second-order valence-corrected chi connectivity index (χ2v) is 13.6. The van der Waals surface area contributed by atoms with Crippen LogP contribution in [0.5, 0.6) is 5.75 Å². The van der Waals surface area contributed by atoms with Crippen molar-refractivity contribution in [3.63, 3.8) is 0 Å². The first-order chi connectivity index (χ1) is 23.2. The molecule has 2 fully saturated rings. The molecule has 0 radical (unpaired) electrons. The number of benzene rings is 3. The van der Waals surface area contributed by atoms with E-state index in [-0.39, 0.29) is 42.0 Å². The summed E-state index contributed by atoms with van der Waals surface area (Å²) in [6, 6.07) is 22.5. The summed E-state index contributed by atoms with van der Waals surface area (Å²) in [5.74, 6) is -0.689. The van der Waals surface area contributed by atoms with E-state index in [2.05, 4.69) is 34.6 Å². The normalized spacial score (nSPS) is 20.4. The van der Waals surface area contributed by atoms with Gasteiger partial charge >= 0.3 is 5.97 Å². The van der Waals surface area contributed by atoms with Crippen LogP contribution in [0.1, 0.15) is 85.5 Å². The molecular formula is C39H51FN4O4. The molecule has 48 heavy (non-hydrogen) atoms. The molecule has 2 aliphatic heterocycles. The van der Waals surface area contributed by atoms with Gasteiger partial charge in [0, 0.05) is 63.3 Å². The average Bonchev–Trinajstić information content (AvgIpc) is 3.30. The number of rotatable bonds is 13. The van der Waals surface area contributed by atoms with Crippen molar-refractivity contribution in [3.05, 3.63) is 101 Å². The second kappa shape index (κ2) is 17.0. The Hall–Kier alpha value is -3.79. The quantitative estimate of drug-likeness (QED) is 0.206. The molecule has 2 N–H and O–H groups in total. The van der Waals surface area contributed by atoms with Gasteiger partial charge < -0.3 is 20.0 Å². The Bertz CT molecular complexity index is 1520. The van der Waals surface area contributed by atoms with Crippen molar-refractivity contribution >= 4 is 11.9 Å². The lowest BCUT2D eigenvalue weighted by molar-refractivity contribution is -0.137. The number of aliphatic carboxylic acids is 1. The van der Waals surface area contributed by atoms with Crippen LogP contribution in [0.15, 0.2) is 72.8 Å². The van der Waals surface area contributed by atoms with Crippen LogP contribution in [0, 0.1) is 5.82 Å². The number of unbranched alkanes of at least 4 members (excludes halogenated alkanes) is 3. The molecule has 3 aromatic rings. The zero-order valence-electron chi connectivity index (χ0n) is 28.4. The Morgan fingerprint density at radius 1 is 0.833 bits per heavy atom. The van der Waals surface area contributed by atoms with Gasteiger partial charge in [-0.25, -0.2) is 4.39 Å². The molecule has 2 heterocycles. The fraction of sp³-hybridized carbons (Fsp3) is 0.487. The molecule has 258 valence electrons. The molecule has 0 unspecified atom stereocenters. The van der Waals surface area contributed by atoms with Gasteiger partial charge in [-0.1, -0.05) is 49.2 Å². The zero-order chi connectivity index (χ0) is 34.0. The smallest absolute Gasteiger partial charge is 0.303 e. The second-order valence-electron chi connectivity index (χ2n) is 13.6. The van der Waals surface area contributed by atoms with E-state index in [0.717, 1.165) is 88.1 Å². The lowest BCUT2D eigenvalue weighted by atomic mass is 9.92. The first kappa shape index (κ1) is 35.5. The third-order valence-electron chi connectivity index (χ3n) is 9.90. The van der Waals surface area contributed by atoms with Crippen LogP contribution in [0.2, 0.25) is 0 Å². The van der Waals surface area contributed by atoms with Crippen LogP contribution in [0.3, 0.4) is 0 Å². The number of hydrogen-bond acceptors (Lipinski definition) is 6. The minimum absolute atomic E-state index is 0.0448. The molecule has 0 aromatic heterocycles. The van der Waals surface area contributed by atoms with Gasteiger partial charge in [-0.2, -0.15) is 0 Å². The molecule has 0 saturated carbocycles. The van der Waals surface area contributed by atoms with E-state index in [9.17, 15) is 19.1 Å². The Morgan fingerprint density at radius 3 is 2.35 bits per heavy atom. The van der Waals surface area contributed by atoms with E-state index in [0.29, 0.717) is 18.7 Å². The number of carboxylic acid groups (broad SMARTS) is 1. The molecule has 3 atom stereocenters. The molecule has 9 heteroatoms. The maximum atomic E-state index is 13.9. The van der Waals surface area contributed by atoms with Crippen molar-refractivity contribution in [2.45, 2.75) is 77.0 Å². The fourth-order valence-electron chi connectivity index (χ4n) is 7.33. The average molecular weight is 659 g/mol. The van der Waals surface area contributed by atoms with Crippen LogP contribution in [-0.2, 0) is 11.3 Å². The van der Waals surface area contributed by atoms with E-state index >= 15 is 0 Å². The Morgan fingerprint density at radius 2 is 1.58 bits per heavy atom. The minimum Gasteiger partial charge on any atom is -0.508 e. The highest BCUT2D eigenvalue weighted by atomic mass is 19.1. The van der Waals surface area contributed by atoms with Crippen LogP contribution in [0.25, 0.3) is 0 Å². The summed E-state index contributed by atoms with van der Waals surface area (Å²) in [6.07, 6.45) is 4.90. The topological polar surface area (TPSA) is 87.6 Å². The van der Waals surface area contributed by atoms with E-state index in [1.807, 2.05) is 47.4 Å². The molecule has 2 saturated heterocycles. The number of piperazine rings is 1. The number of nitrogens with zero attached hydrogens (tertiary/aromatic N) is 4. The third kappa shape index (κ3) is 9.65. The van der Waals surface area contributed by atoms with E-state index in [1.54, 1.807) is 18.2 Å². The molecule has 5 rings (SSSR count). The number of phenols is 1. The highest BCUT2D eigenvalue weighted by Crippen LogP contribution is 2.35. The summed E-state index contributed by atoms with van der Waals surface area (Å²) in [5, 5.41) is 19.3. The molecule has 3 aromatic carbocycles. The van der Waals surface area contributed by atoms with Crippen LogP contribution in [0.4, 0.5) is 4.39 Å². The van der Waals surface area contributed by atoms with Gasteiger partial charge in [0.1, 0.15) is 11.6 Å². The van der Waals surface area contributed by atoms with Gasteiger partial charge in [-0.15, -0.1) is 0 Å². The van der Waals surface area contributed by atoms with Crippen molar-refractivity contribution in [1.82, 2.24) is 19.6 Å². The van der Waals surface area contributed by atoms with E-state index < -0.39 is 5.97 Å². The van der Waals surface area contributed by atoms with Crippen LogP contribution < -0.4 is 0 Å². The summed E-state index contributed by atoms with van der Waals surface area (Å²) in [6.45, 7) is 10.8.